The zero-order valence-electron chi connectivity index (χ0n) is 11.5. The first-order chi connectivity index (χ1) is 8.72. The number of hydrogen-bond donors (Lipinski definition) is 1. The van der Waals surface area contributed by atoms with Crippen LogP contribution < -0.4 is 0 Å². The van der Waals surface area contributed by atoms with E-state index in [2.05, 4.69) is 0 Å². The molecule has 0 aliphatic carbocycles. The van der Waals surface area contributed by atoms with Gasteiger partial charge in [-0.1, -0.05) is 12.1 Å². The maximum absolute atomic E-state index is 12.4. The minimum atomic E-state index is -0.784. The van der Waals surface area contributed by atoms with Gasteiger partial charge in [0.1, 0.15) is 5.56 Å². The van der Waals surface area contributed by atoms with E-state index in [4.69, 9.17) is 0 Å². The maximum atomic E-state index is 12.4. The average Bonchev–Trinajstić information content (AvgIpc) is 2.36. The van der Waals surface area contributed by atoms with Gasteiger partial charge in [0.2, 0.25) is 0 Å². The lowest BCUT2D eigenvalue weighted by Crippen LogP contribution is -2.48. The van der Waals surface area contributed by atoms with E-state index in [-0.39, 0.29) is 17.9 Å². The molecule has 0 aliphatic heterocycles. The monoisotopic (exact) mass is 266 g/mol. The van der Waals surface area contributed by atoms with E-state index in [1.807, 2.05) is 0 Å². The molecular formula is C13H18N2O4. The van der Waals surface area contributed by atoms with Crippen molar-refractivity contribution >= 4 is 11.6 Å². The molecule has 1 aromatic carbocycles. The molecule has 6 heteroatoms. The van der Waals surface area contributed by atoms with Crippen molar-refractivity contribution in [2.75, 3.05) is 13.7 Å². The number of aliphatic hydroxyl groups is 1. The smallest absolute Gasteiger partial charge is 0.282 e. The Morgan fingerprint density at radius 2 is 2.05 bits per heavy atom. The third-order valence-corrected chi connectivity index (χ3v) is 3.26. The van der Waals surface area contributed by atoms with Crippen molar-refractivity contribution < 1.29 is 14.8 Å². The van der Waals surface area contributed by atoms with Crippen molar-refractivity contribution in [1.29, 1.82) is 0 Å². The highest BCUT2D eigenvalue weighted by atomic mass is 16.6. The van der Waals surface area contributed by atoms with E-state index in [1.165, 1.54) is 18.0 Å². The Kier molecular flexibility index (Phi) is 4.26. The second-order valence-electron chi connectivity index (χ2n) is 5.06. The van der Waals surface area contributed by atoms with Crippen LogP contribution in [-0.4, -0.2) is 40.0 Å². The molecule has 0 aromatic heterocycles. The molecule has 1 aromatic rings. The number of amides is 1. The van der Waals surface area contributed by atoms with Crippen molar-refractivity contribution in [3.63, 3.8) is 0 Å². The minimum absolute atomic E-state index is 0.0662. The normalized spacial score (nSPS) is 11.2. The number of hydrogen-bond acceptors (Lipinski definition) is 4. The topological polar surface area (TPSA) is 83.7 Å². The molecule has 0 bridgehead atoms. The largest absolute Gasteiger partial charge is 0.394 e. The van der Waals surface area contributed by atoms with Gasteiger partial charge < -0.3 is 10.0 Å². The molecule has 6 nitrogen and oxygen atoms in total. The van der Waals surface area contributed by atoms with Crippen LogP contribution in [0.3, 0.4) is 0 Å². The molecule has 0 unspecified atom stereocenters. The van der Waals surface area contributed by atoms with Crippen LogP contribution in [0.1, 0.15) is 29.8 Å². The van der Waals surface area contributed by atoms with Crippen molar-refractivity contribution in [3.8, 4) is 0 Å². The number of nitrogens with zero attached hydrogens (tertiary/aromatic N) is 2. The number of likely N-dealkylation sites (N-methyl/N-ethyl adjacent to an activating group) is 1. The number of aryl methyl sites for hydroxylation is 1. The number of carbonyl (C=O) groups is 1. The fourth-order valence-corrected chi connectivity index (χ4v) is 1.63. The SMILES string of the molecule is Cc1cccc([N+](=O)[O-])c1C(=O)N(C)C(C)(C)CO. The van der Waals surface area contributed by atoms with E-state index >= 15 is 0 Å². The third kappa shape index (κ3) is 2.90. The number of nitro groups is 1. The second-order valence-corrected chi connectivity index (χ2v) is 5.06. The molecule has 1 amide bonds. The van der Waals surface area contributed by atoms with E-state index < -0.39 is 16.4 Å². The Hall–Kier alpha value is -1.95. The molecule has 0 radical (unpaired) electrons. The van der Waals surface area contributed by atoms with Crippen LogP contribution in [0.4, 0.5) is 5.69 Å². The Bertz CT molecular complexity index is 511. The Morgan fingerprint density at radius 1 is 1.47 bits per heavy atom. The van der Waals surface area contributed by atoms with Crippen molar-refractivity contribution in [1.82, 2.24) is 4.90 Å². The number of carbonyl (C=O) groups excluding carboxylic acids is 1. The van der Waals surface area contributed by atoms with Crippen molar-refractivity contribution in [2.45, 2.75) is 26.3 Å². The molecule has 0 aliphatic rings. The number of rotatable bonds is 4. The molecule has 19 heavy (non-hydrogen) atoms. The molecular weight excluding hydrogens is 248 g/mol. The predicted octanol–water partition coefficient (Wildman–Crippen LogP) is 1.75. The molecule has 0 saturated heterocycles. The van der Waals surface area contributed by atoms with Gasteiger partial charge in [0.05, 0.1) is 17.1 Å². The quantitative estimate of drug-likeness (QED) is 0.664. The molecule has 104 valence electrons. The van der Waals surface area contributed by atoms with Crippen molar-refractivity contribution in [2.24, 2.45) is 0 Å². The standard InChI is InChI=1S/C13H18N2O4/c1-9-6-5-7-10(15(18)19)11(9)12(17)14(4)13(2,3)8-16/h5-7,16H,8H2,1-4H3. The lowest BCUT2D eigenvalue weighted by molar-refractivity contribution is -0.385. The first kappa shape index (κ1) is 15.1. The molecule has 0 heterocycles. The summed E-state index contributed by atoms with van der Waals surface area (Å²) in [4.78, 5) is 24.2. The van der Waals surface area contributed by atoms with Gasteiger partial charge in [-0.25, -0.2) is 0 Å². The Balaban J connectivity index is 3.31. The average molecular weight is 266 g/mol. The molecule has 0 spiro atoms. The Labute approximate surface area is 111 Å². The van der Waals surface area contributed by atoms with Crippen LogP contribution in [0.5, 0.6) is 0 Å². The van der Waals surface area contributed by atoms with Gasteiger partial charge in [0.25, 0.3) is 11.6 Å². The van der Waals surface area contributed by atoms with E-state index in [0.29, 0.717) is 5.56 Å². The molecule has 0 saturated carbocycles. The van der Waals surface area contributed by atoms with Crippen LogP contribution in [-0.2, 0) is 0 Å². The van der Waals surface area contributed by atoms with Gasteiger partial charge in [-0.2, -0.15) is 0 Å². The molecule has 0 atom stereocenters. The van der Waals surface area contributed by atoms with Crippen LogP contribution in [0.2, 0.25) is 0 Å². The predicted molar refractivity (Wildman–Crippen MR) is 71.1 cm³/mol. The lowest BCUT2D eigenvalue weighted by Gasteiger charge is -2.34. The zero-order chi connectivity index (χ0) is 14.8. The van der Waals surface area contributed by atoms with Gasteiger partial charge in [-0.05, 0) is 26.3 Å². The van der Waals surface area contributed by atoms with Gasteiger partial charge in [0.15, 0.2) is 0 Å². The van der Waals surface area contributed by atoms with E-state index in [1.54, 1.807) is 32.9 Å². The van der Waals surface area contributed by atoms with E-state index in [9.17, 15) is 20.0 Å². The second kappa shape index (κ2) is 5.36. The number of benzene rings is 1. The van der Waals surface area contributed by atoms with E-state index in [0.717, 1.165) is 0 Å². The van der Waals surface area contributed by atoms with Gasteiger partial charge >= 0.3 is 0 Å². The van der Waals surface area contributed by atoms with Gasteiger partial charge in [-0.15, -0.1) is 0 Å². The van der Waals surface area contributed by atoms with Crippen LogP contribution in [0, 0.1) is 17.0 Å². The summed E-state index contributed by atoms with van der Waals surface area (Å²) in [5, 5.41) is 20.3. The summed E-state index contributed by atoms with van der Waals surface area (Å²) in [6.07, 6.45) is 0. The summed E-state index contributed by atoms with van der Waals surface area (Å²) in [5.74, 6) is -0.469. The fraction of sp³-hybridized carbons (Fsp3) is 0.462. The minimum Gasteiger partial charge on any atom is -0.394 e. The summed E-state index contributed by atoms with van der Waals surface area (Å²) < 4.78 is 0. The van der Waals surface area contributed by atoms with Crippen LogP contribution in [0.25, 0.3) is 0 Å². The first-order valence-electron chi connectivity index (χ1n) is 5.85. The van der Waals surface area contributed by atoms with Gasteiger partial charge in [-0.3, -0.25) is 14.9 Å². The summed E-state index contributed by atoms with van der Waals surface area (Å²) >= 11 is 0. The summed E-state index contributed by atoms with van der Waals surface area (Å²) in [5.41, 5.74) is -0.394. The van der Waals surface area contributed by atoms with Gasteiger partial charge in [0, 0.05) is 13.1 Å². The molecule has 1 N–H and O–H groups in total. The highest BCUT2D eigenvalue weighted by molar-refractivity contribution is 5.99. The van der Waals surface area contributed by atoms with Crippen molar-refractivity contribution in [3.05, 3.63) is 39.4 Å². The number of nitro benzene ring substituents is 1. The highest BCUT2D eigenvalue weighted by Gasteiger charge is 2.32. The van der Waals surface area contributed by atoms with Crippen LogP contribution in [0.15, 0.2) is 18.2 Å². The summed E-state index contributed by atoms with van der Waals surface area (Å²) in [6.45, 7) is 4.80. The third-order valence-electron chi connectivity index (χ3n) is 3.26. The Morgan fingerprint density at radius 3 is 2.53 bits per heavy atom. The first-order valence-corrected chi connectivity index (χ1v) is 5.85. The van der Waals surface area contributed by atoms with Crippen LogP contribution >= 0.6 is 0 Å². The maximum Gasteiger partial charge on any atom is 0.282 e. The molecule has 0 fully saturated rings. The summed E-state index contributed by atoms with van der Waals surface area (Å²) in [7, 11) is 1.52. The number of aliphatic hydroxyl groups excluding tert-OH is 1. The lowest BCUT2D eigenvalue weighted by atomic mass is 10.0. The fourth-order valence-electron chi connectivity index (χ4n) is 1.63. The summed E-state index contributed by atoms with van der Waals surface area (Å²) in [6, 6.07) is 4.50. The zero-order valence-corrected chi connectivity index (χ0v) is 11.5. The highest BCUT2D eigenvalue weighted by Crippen LogP contribution is 2.25. The molecule has 1 rings (SSSR count).